The van der Waals surface area contributed by atoms with Gasteiger partial charge in [-0.05, 0) is 65.8 Å². The highest BCUT2D eigenvalue weighted by molar-refractivity contribution is 5.88. The van der Waals surface area contributed by atoms with Crippen LogP contribution < -0.4 is 0 Å². The van der Waals surface area contributed by atoms with E-state index >= 15 is 0 Å². The Bertz CT molecular complexity index is 1120. The van der Waals surface area contributed by atoms with Gasteiger partial charge in [0.25, 0.3) is 0 Å². The van der Waals surface area contributed by atoms with Crippen LogP contribution in [0.3, 0.4) is 0 Å². The molecule has 0 aliphatic carbocycles. The highest BCUT2D eigenvalue weighted by Gasteiger charge is 2.40. The molecule has 12 nitrogen and oxygen atoms in total. The van der Waals surface area contributed by atoms with E-state index in [-0.39, 0.29) is 0 Å². The Hall–Kier alpha value is -3.35. The highest BCUT2D eigenvalue weighted by Crippen LogP contribution is 2.23. The van der Waals surface area contributed by atoms with Crippen molar-refractivity contribution in [3.05, 3.63) is 47.0 Å². The predicted octanol–water partition coefficient (Wildman–Crippen LogP) is 2.71. The first kappa shape index (κ1) is 32.9. The molecule has 3 heterocycles. The number of likely N-dealkylation sites (tertiary alicyclic amines) is 1. The number of carbonyl (C=O) groups is 3. The van der Waals surface area contributed by atoms with Gasteiger partial charge >= 0.3 is 17.9 Å². The lowest BCUT2D eigenvalue weighted by atomic mass is 9.96. The number of hydrogen-bond acceptors (Lipinski definition) is 8. The molecule has 0 spiro atoms. The summed E-state index contributed by atoms with van der Waals surface area (Å²) < 4.78 is 2.16. The summed E-state index contributed by atoms with van der Waals surface area (Å²) in [6.45, 7) is 16.3. The molecule has 2 aromatic heterocycles. The van der Waals surface area contributed by atoms with Crippen LogP contribution >= 0.6 is 0 Å². The van der Waals surface area contributed by atoms with Gasteiger partial charge in [0, 0.05) is 49.2 Å². The van der Waals surface area contributed by atoms with Crippen LogP contribution in [0.25, 0.3) is 0 Å². The number of hydrogen-bond donors (Lipinski definition) is 4. The van der Waals surface area contributed by atoms with Gasteiger partial charge in [0.05, 0.1) is 24.2 Å². The third-order valence-electron chi connectivity index (χ3n) is 7.12. The number of aliphatic hydroxyl groups is 1. The van der Waals surface area contributed by atoms with Gasteiger partial charge in [-0.1, -0.05) is 13.0 Å². The molecule has 1 saturated heterocycles. The number of pyridine rings is 1. The zero-order chi connectivity index (χ0) is 30.0. The van der Waals surface area contributed by atoms with Crippen LogP contribution in [0.4, 0.5) is 0 Å². The van der Waals surface area contributed by atoms with Crippen LogP contribution in [0.5, 0.6) is 0 Å². The Morgan fingerprint density at radius 3 is 2.23 bits per heavy atom. The van der Waals surface area contributed by atoms with Crippen LogP contribution in [-0.4, -0.2) is 94.2 Å². The molecule has 0 bridgehead atoms. The standard InChI is InChI=1S/C22H35N5.C6H8O7/c1-6-26-13-9-11-21(26)15-25(14-20-10-7-8-12-23-20)16-22-18(4)24-27(17(2)3)19(22)5;7-3(8)1-6(13,5(11)12)2-4(9)10/h7-8,10,12,17,21H,6,9,11,13-16H2,1-5H3;13H,1-2H2,(H,7,8)(H,9,10)(H,11,12). The average Bonchev–Trinajstić information content (AvgIpc) is 3.43. The molecule has 12 heteroatoms. The largest absolute Gasteiger partial charge is 0.481 e. The van der Waals surface area contributed by atoms with E-state index in [9.17, 15) is 14.4 Å². The predicted molar refractivity (Wildman–Crippen MR) is 148 cm³/mol. The second-order valence-corrected chi connectivity index (χ2v) is 10.6. The van der Waals surface area contributed by atoms with Gasteiger partial charge in [-0.15, -0.1) is 0 Å². The molecule has 1 atom stereocenters. The maximum absolute atomic E-state index is 10.3. The minimum atomic E-state index is -2.74. The summed E-state index contributed by atoms with van der Waals surface area (Å²) in [6.07, 6.45) is 2.23. The van der Waals surface area contributed by atoms with Gasteiger partial charge in [-0.2, -0.15) is 5.10 Å². The molecular formula is C28H43N5O7. The van der Waals surface area contributed by atoms with E-state index in [4.69, 9.17) is 25.5 Å². The summed E-state index contributed by atoms with van der Waals surface area (Å²) in [5.41, 5.74) is 2.24. The summed E-state index contributed by atoms with van der Waals surface area (Å²) in [5.74, 6) is -5.02. The first-order valence-electron chi connectivity index (χ1n) is 13.6. The molecular weight excluding hydrogens is 518 g/mol. The fourth-order valence-corrected chi connectivity index (χ4v) is 5.09. The van der Waals surface area contributed by atoms with Crippen molar-refractivity contribution >= 4 is 17.9 Å². The van der Waals surface area contributed by atoms with Gasteiger partial charge in [-0.25, -0.2) is 4.79 Å². The second-order valence-electron chi connectivity index (χ2n) is 10.6. The fraction of sp³-hybridized carbons (Fsp3) is 0.607. The van der Waals surface area contributed by atoms with Gasteiger partial charge in [0.2, 0.25) is 0 Å². The molecule has 0 saturated carbocycles. The van der Waals surface area contributed by atoms with Gasteiger partial charge in [0.1, 0.15) is 0 Å². The number of carboxylic acid groups (broad SMARTS) is 3. The first-order chi connectivity index (χ1) is 18.8. The average molecular weight is 562 g/mol. The molecule has 1 aliphatic rings. The Balaban J connectivity index is 0.000000366. The molecule has 0 amide bonds. The van der Waals surface area contributed by atoms with E-state index in [1.807, 2.05) is 12.3 Å². The van der Waals surface area contributed by atoms with Crippen LogP contribution in [0.15, 0.2) is 24.4 Å². The number of carboxylic acids is 3. The molecule has 0 aromatic carbocycles. The summed E-state index contributed by atoms with van der Waals surface area (Å²) >= 11 is 0. The number of nitrogens with zero attached hydrogens (tertiary/aromatic N) is 5. The number of likely N-dealkylation sites (N-methyl/N-ethyl adjacent to an activating group) is 1. The third-order valence-corrected chi connectivity index (χ3v) is 7.12. The molecule has 4 N–H and O–H groups in total. The third kappa shape index (κ3) is 9.39. The van der Waals surface area contributed by atoms with Crippen molar-refractivity contribution in [2.75, 3.05) is 19.6 Å². The smallest absolute Gasteiger partial charge is 0.336 e. The summed E-state index contributed by atoms with van der Waals surface area (Å²) in [6, 6.07) is 7.26. The Morgan fingerprint density at radius 2 is 1.75 bits per heavy atom. The maximum Gasteiger partial charge on any atom is 0.336 e. The van der Waals surface area contributed by atoms with E-state index in [1.165, 1.54) is 30.6 Å². The zero-order valence-corrected chi connectivity index (χ0v) is 24.1. The van der Waals surface area contributed by atoms with Crippen molar-refractivity contribution in [3.63, 3.8) is 0 Å². The Kier molecular flexibility index (Phi) is 12.2. The quantitative estimate of drug-likeness (QED) is 0.284. The molecule has 40 heavy (non-hydrogen) atoms. The number of aromatic nitrogens is 3. The van der Waals surface area contributed by atoms with E-state index in [0.29, 0.717) is 12.1 Å². The first-order valence-corrected chi connectivity index (χ1v) is 13.6. The Morgan fingerprint density at radius 1 is 1.10 bits per heavy atom. The summed E-state index contributed by atoms with van der Waals surface area (Å²) in [7, 11) is 0. The molecule has 1 aliphatic heterocycles. The van der Waals surface area contributed by atoms with E-state index in [0.717, 1.165) is 37.6 Å². The maximum atomic E-state index is 10.3. The van der Waals surface area contributed by atoms with Crippen molar-refractivity contribution in [1.82, 2.24) is 24.6 Å². The van der Waals surface area contributed by atoms with Crippen LogP contribution in [-0.2, 0) is 27.5 Å². The summed E-state index contributed by atoms with van der Waals surface area (Å²) in [4.78, 5) is 40.3. The van der Waals surface area contributed by atoms with Gasteiger partial charge in [-0.3, -0.25) is 29.1 Å². The van der Waals surface area contributed by atoms with Crippen LogP contribution in [0.1, 0.15) is 75.1 Å². The lowest BCUT2D eigenvalue weighted by Crippen LogP contribution is -2.42. The minimum Gasteiger partial charge on any atom is -0.481 e. The lowest BCUT2D eigenvalue weighted by molar-refractivity contribution is -0.170. The Labute approximate surface area is 235 Å². The molecule has 0 radical (unpaired) electrons. The SMILES string of the molecule is CCN1CCCC1CN(Cc1ccccn1)Cc1c(C)nn(C(C)C)c1C.O=C(O)CC(O)(CC(=O)O)C(=O)O. The number of aliphatic carboxylic acids is 3. The van der Waals surface area contributed by atoms with Crippen molar-refractivity contribution < 1.29 is 34.8 Å². The van der Waals surface area contributed by atoms with Crippen molar-refractivity contribution in [1.29, 1.82) is 0 Å². The topological polar surface area (TPSA) is 169 Å². The van der Waals surface area contributed by atoms with Crippen molar-refractivity contribution in [2.24, 2.45) is 0 Å². The van der Waals surface area contributed by atoms with Crippen LogP contribution in [0, 0.1) is 13.8 Å². The number of rotatable bonds is 13. The second kappa shape index (κ2) is 14.9. The molecule has 1 fully saturated rings. The van der Waals surface area contributed by atoms with E-state index in [1.54, 1.807) is 0 Å². The van der Waals surface area contributed by atoms with E-state index < -0.39 is 36.4 Å². The number of aryl methyl sites for hydroxylation is 1. The van der Waals surface area contributed by atoms with E-state index in [2.05, 4.69) is 66.2 Å². The van der Waals surface area contributed by atoms with Gasteiger partial charge < -0.3 is 20.4 Å². The molecule has 2 aromatic rings. The summed E-state index contributed by atoms with van der Waals surface area (Å²) in [5, 5.41) is 38.6. The minimum absolute atomic E-state index is 0.395. The lowest BCUT2D eigenvalue weighted by Gasteiger charge is -2.30. The van der Waals surface area contributed by atoms with Crippen molar-refractivity contribution in [2.45, 2.75) is 91.1 Å². The van der Waals surface area contributed by atoms with Crippen molar-refractivity contribution in [3.8, 4) is 0 Å². The monoisotopic (exact) mass is 561 g/mol. The highest BCUT2D eigenvalue weighted by atomic mass is 16.4. The van der Waals surface area contributed by atoms with Gasteiger partial charge in [0.15, 0.2) is 5.60 Å². The molecule has 1 unspecified atom stereocenters. The fourth-order valence-electron chi connectivity index (χ4n) is 5.09. The van der Waals surface area contributed by atoms with Crippen LogP contribution in [0.2, 0.25) is 0 Å². The normalized spacial score (nSPS) is 15.8. The molecule has 3 rings (SSSR count). The molecule has 222 valence electrons. The zero-order valence-electron chi connectivity index (χ0n) is 24.1.